The molecule has 2 atom stereocenters. The van der Waals surface area contributed by atoms with Crippen LogP contribution in [0.15, 0.2) is 24.3 Å². The minimum atomic E-state index is -0.798. The second kappa shape index (κ2) is 6.97. The maximum Gasteiger partial charge on any atom is 0.321 e. The van der Waals surface area contributed by atoms with Gasteiger partial charge in [0.05, 0.1) is 5.41 Å². The third kappa shape index (κ3) is 3.38. The SMILES string of the molecule is CC(C)C(=O)Nc1cccc(NC(=O)N2C[C@@H]3CCC[C@@]3(C(=O)O)C2)c1. The Morgan fingerprint density at radius 3 is 2.54 bits per heavy atom. The van der Waals surface area contributed by atoms with Gasteiger partial charge in [0.2, 0.25) is 5.91 Å². The highest BCUT2D eigenvalue weighted by molar-refractivity contribution is 5.94. The van der Waals surface area contributed by atoms with Crippen LogP contribution in [0.4, 0.5) is 16.2 Å². The van der Waals surface area contributed by atoms with Crippen molar-refractivity contribution in [1.82, 2.24) is 4.90 Å². The van der Waals surface area contributed by atoms with Crippen molar-refractivity contribution in [2.45, 2.75) is 33.1 Å². The fraction of sp³-hybridized carbons (Fsp3) is 0.526. The molecule has 0 unspecified atom stereocenters. The first kappa shape index (κ1) is 18.2. The predicted octanol–water partition coefficient (Wildman–Crippen LogP) is 3.00. The Labute approximate surface area is 152 Å². The third-order valence-corrected chi connectivity index (χ3v) is 5.49. The van der Waals surface area contributed by atoms with E-state index in [4.69, 9.17) is 0 Å². The summed E-state index contributed by atoms with van der Waals surface area (Å²) < 4.78 is 0. The monoisotopic (exact) mass is 359 g/mol. The van der Waals surface area contributed by atoms with Gasteiger partial charge in [-0.15, -0.1) is 0 Å². The van der Waals surface area contributed by atoms with E-state index in [1.165, 1.54) is 0 Å². The molecular weight excluding hydrogens is 334 g/mol. The molecule has 0 bridgehead atoms. The number of amides is 3. The Morgan fingerprint density at radius 2 is 1.92 bits per heavy atom. The number of carboxylic acids is 1. The molecule has 3 rings (SSSR count). The van der Waals surface area contributed by atoms with Crippen molar-refractivity contribution in [2.75, 3.05) is 23.7 Å². The van der Waals surface area contributed by atoms with Gasteiger partial charge in [0, 0.05) is 30.4 Å². The van der Waals surface area contributed by atoms with Gasteiger partial charge < -0.3 is 20.6 Å². The van der Waals surface area contributed by atoms with Gasteiger partial charge in [-0.3, -0.25) is 9.59 Å². The van der Waals surface area contributed by atoms with Gasteiger partial charge in [-0.1, -0.05) is 26.3 Å². The van der Waals surface area contributed by atoms with E-state index in [0.717, 1.165) is 12.8 Å². The standard InChI is InChI=1S/C19H25N3O4/c1-12(2)16(23)20-14-6-3-7-15(9-14)21-18(26)22-10-13-5-4-8-19(13,11-22)17(24)25/h3,6-7,9,12-13H,4-5,8,10-11H2,1-2H3,(H,20,23)(H,21,26)(H,24,25)/t13-,19+/m0/s1. The van der Waals surface area contributed by atoms with Gasteiger partial charge in [-0.05, 0) is 37.0 Å². The van der Waals surface area contributed by atoms with Gasteiger partial charge in [-0.25, -0.2) is 4.79 Å². The van der Waals surface area contributed by atoms with Gasteiger partial charge >= 0.3 is 12.0 Å². The van der Waals surface area contributed by atoms with Gasteiger partial charge in [-0.2, -0.15) is 0 Å². The zero-order valence-electron chi connectivity index (χ0n) is 15.1. The molecule has 2 fully saturated rings. The molecule has 1 heterocycles. The Balaban J connectivity index is 1.66. The van der Waals surface area contributed by atoms with Crippen LogP contribution >= 0.6 is 0 Å². The lowest BCUT2D eigenvalue weighted by atomic mass is 9.81. The maximum absolute atomic E-state index is 12.6. The lowest BCUT2D eigenvalue weighted by Crippen LogP contribution is -2.38. The number of rotatable bonds is 4. The van der Waals surface area contributed by atoms with E-state index in [0.29, 0.717) is 24.3 Å². The molecule has 26 heavy (non-hydrogen) atoms. The van der Waals surface area contributed by atoms with Crippen LogP contribution in [0.3, 0.4) is 0 Å². The van der Waals surface area contributed by atoms with E-state index < -0.39 is 11.4 Å². The van der Waals surface area contributed by atoms with Crippen LogP contribution in [-0.4, -0.2) is 41.0 Å². The smallest absolute Gasteiger partial charge is 0.321 e. The summed E-state index contributed by atoms with van der Waals surface area (Å²) in [5, 5.41) is 15.2. The fourth-order valence-corrected chi connectivity index (χ4v) is 3.96. The average molecular weight is 359 g/mol. The number of carbonyl (C=O) groups excluding carboxylic acids is 2. The first-order chi connectivity index (χ1) is 12.3. The summed E-state index contributed by atoms with van der Waals surface area (Å²) in [4.78, 5) is 37.7. The van der Waals surface area contributed by atoms with E-state index in [1.54, 1.807) is 29.2 Å². The number of hydrogen-bond acceptors (Lipinski definition) is 3. The second-order valence-electron chi connectivity index (χ2n) is 7.59. The number of anilines is 2. The molecule has 0 radical (unpaired) electrons. The van der Waals surface area contributed by atoms with Gasteiger partial charge in [0.15, 0.2) is 0 Å². The molecule has 1 saturated heterocycles. The normalized spacial score (nSPS) is 24.4. The molecule has 2 aliphatic rings. The van der Waals surface area contributed by atoms with Crippen molar-refractivity contribution in [3.05, 3.63) is 24.3 Å². The van der Waals surface area contributed by atoms with E-state index in [2.05, 4.69) is 10.6 Å². The lowest BCUT2D eigenvalue weighted by molar-refractivity contribution is -0.149. The maximum atomic E-state index is 12.6. The van der Waals surface area contributed by atoms with E-state index in [-0.39, 0.29) is 30.3 Å². The van der Waals surface area contributed by atoms with Gasteiger partial charge in [0.1, 0.15) is 0 Å². The molecule has 1 aliphatic heterocycles. The number of aliphatic carboxylic acids is 1. The predicted molar refractivity (Wildman–Crippen MR) is 97.9 cm³/mol. The van der Waals surface area contributed by atoms with E-state index >= 15 is 0 Å². The highest BCUT2D eigenvalue weighted by Crippen LogP contribution is 2.48. The fourth-order valence-electron chi connectivity index (χ4n) is 3.96. The van der Waals surface area contributed by atoms with Crippen LogP contribution in [0.25, 0.3) is 0 Å². The average Bonchev–Trinajstić information content (AvgIpc) is 3.13. The van der Waals surface area contributed by atoms with E-state index in [1.807, 2.05) is 13.8 Å². The minimum Gasteiger partial charge on any atom is -0.481 e. The zero-order valence-corrected chi connectivity index (χ0v) is 15.1. The van der Waals surface area contributed by atoms with Crippen molar-refractivity contribution in [3.8, 4) is 0 Å². The number of fused-ring (bicyclic) bond motifs is 1. The summed E-state index contributed by atoms with van der Waals surface area (Å²) >= 11 is 0. The molecule has 7 nitrogen and oxygen atoms in total. The van der Waals surface area contributed by atoms with Crippen LogP contribution in [0, 0.1) is 17.3 Å². The highest BCUT2D eigenvalue weighted by Gasteiger charge is 2.55. The van der Waals surface area contributed by atoms with E-state index in [9.17, 15) is 19.5 Å². The number of carbonyl (C=O) groups is 3. The molecule has 1 aromatic carbocycles. The Morgan fingerprint density at radius 1 is 1.23 bits per heavy atom. The van der Waals surface area contributed by atoms with Crippen LogP contribution in [0.2, 0.25) is 0 Å². The molecule has 0 aromatic heterocycles. The summed E-state index contributed by atoms with van der Waals surface area (Å²) in [5.74, 6) is -0.996. The number of likely N-dealkylation sites (tertiary alicyclic amines) is 1. The highest BCUT2D eigenvalue weighted by atomic mass is 16.4. The van der Waals surface area contributed by atoms with Gasteiger partial charge in [0.25, 0.3) is 0 Å². The Hall–Kier alpha value is -2.57. The molecule has 0 spiro atoms. The molecule has 7 heteroatoms. The van der Waals surface area contributed by atoms with Crippen molar-refractivity contribution in [3.63, 3.8) is 0 Å². The van der Waals surface area contributed by atoms with Crippen LogP contribution in [0.5, 0.6) is 0 Å². The Bertz CT molecular complexity index is 733. The molecule has 1 aliphatic carbocycles. The number of urea groups is 1. The lowest BCUT2D eigenvalue weighted by Gasteiger charge is -2.23. The number of nitrogens with zero attached hydrogens (tertiary/aromatic N) is 1. The van der Waals surface area contributed by atoms with Crippen molar-refractivity contribution in [1.29, 1.82) is 0 Å². The first-order valence-corrected chi connectivity index (χ1v) is 9.02. The van der Waals surface area contributed by atoms with Crippen LogP contribution < -0.4 is 10.6 Å². The number of benzene rings is 1. The van der Waals surface area contributed by atoms with Crippen molar-refractivity contribution in [2.24, 2.45) is 17.3 Å². The zero-order chi connectivity index (χ0) is 18.9. The number of carboxylic acid groups (broad SMARTS) is 1. The summed E-state index contributed by atoms with van der Waals surface area (Å²) in [6.07, 6.45) is 2.39. The number of hydrogen-bond donors (Lipinski definition) is 3. The molecule has 3 amide bonds. The summed E-state index contributed by atoms with van der Waals surface area (Å²) in [6, 6.07) is 6.65. The summed E-state index contributed by atoms with van der Waals surface area (Å²) in [7, 11) is 0. The first-order valence-electron chi connectivity index (χ1n) is 9.02. The van der Waals surface area contributed by atoms with Crippen LogP contribution in [0.1, 0.15) is 33.1 Å². The second-order valence-corrected chi connectivity index (χ2v) is 7.59. The molecule has 140 valence electrons. The quantitative estimate of drug-likeness (QED) is 0.769. The molecule has 3 N–H and O–H groups in total. The van der Waals surface area contributed by atoms with Crippen molar-refractivity contribution >= 4 is 29.3 Å². The minimum absolute atomic E-state index is 0.0300. The molecule has 1 aromatic rings. The van der Waals surface area contributed by atoms with Crippen LogP contribution in [-0.2, 0) is 9.59 Å². The summed E-state index contributed by atoms with van der Waals surface area (Å²) in [6.45, 7) is 4.34. The molecular formula is C19H25N3O4. The largest absolute Gasteiger partial charge is 0.481 e. The summed E-state index contributed by atoms with van der Waals surface area (Å²) in [5.41, 5.74) is 0.393. The third-order valence-electron chi connectivity index (χ3n) is 5.49. The number of nitrogens with one attached hydrogen (secondary N) is 2. The van der Waals surface area contributed by atoms with Crippen molar-refractivity contribution < 1.29 is 19.5 Å². The molecule has 1 saturated carbocycles. The topological polar surface area (TPSA) is 98.7 Å². The Kier molecular flexibility index (Phi) is 4.89.